The van der Waals surface area contributed by atoms with Gasteiger partial charge in [-0.25, -0.2) is 0 Å². The van der Waals surface area contributed by atoms with Crippen LogP contribution >= 0.6 is 0 Å². The van der Waals surface area contributed by atoms with E-state index in [1.165, 1.54) is 13.2 Å². The van der Waals surface area contributed by atoms with Crippen LogP contribution < -0.4 is 19.7 Å². The molecule has 0 radical (unpaired) electrons. The van der Waals surface area contributed by atoms with Gasteiger partial charge in [0.15, 0.2) is 5.78 Å². The van der Waals surface area contributed by atoms with Gasteiger partial charge in [-0.15, -0.1) is 0 Å². The van der Waals surface area contributed by atoms with E-state index < -0.39 is 18.1 Å². The minimum atomic E-state index is -5.17. The fraction of sp³-hybridized carbons (Fsp3) is 0.290. The summed E-state index contributed by atoms with van der Waals surface area (Å²) in [6.07, 6.45) is -3.94. The number of carbonyl (C=O) groups excluding carboxylic acids is 2. The van der Waals surface area contributed by atoms with Gasteiger partial charge in [-0.05, 0) is 54.3 Å². The van der Waals surface area contributed by atoms with E-state index in [9.17, 15) is 22.8 Å². The second kappa shape index (κ2) is 11.1. The summed E-state index contributed by atoms with van der Waals surface area (Å²) in [5.74, 6) is -1.47. The van der Waals surface area contributed by atoms with E-state index in [-0.39, 0.29) is 29.4 Å². The van der Waals surface area contributed by atoms with Crippen LogP contribution in [-0.2, 0) is 9.59 Å². The van der Waals surface area contributed by atoms with Gasteiger partial charge in [-0.1, -0.05) is 49.4 Å². The molecule has 6 nitrogen and oxygen atoms in total. The number of alkyl halides is 3. The molecule has 3 aromatic rings. The number of ether oxygens (including phenoxy) is 2. The summed E-state index contributed by atoms with van der Waals surface area (Å²) in [5, 5.41) is 3.24. The lowest BCUT2D eigenvalue weighted by atomic mass is 9.78. The first-order valence-electron chi connectivity index (χ1n) is 13.1. The summed E-state index contributed by atoms with van der Waals surface area (Å²) < 4.78 is 53.4. The average molecular weight is 551 g/mol. The van der Waals surface area contributed by atoms with E-state index in [2.05, 4.69) is 5.32 Å². The van der Waals surface area contributed by atoms with Gasteiger partial charge in [-0.2, -0.15) is 13.2 Å². The molecule has 0 unspecified atom stereocenters. The number of methoxy groups -OCH3 is 1. The molecule has 2 aliphatic rings. The number of hydrogen-bond acceptors (Lipinski definition) is 5. The largest absolute Gasteiger partial charge is 0.497 e. The molecule has 0 spiro atoms. The highest BCUT2D eigenvalue weighted by Gasteiger charge is 2.50. The number of benzene rings is 3. The number of allylic oxidation sites excluding steroid dienone is 1. The number of fused-ring (bicyclic) bond motifs is 1. The molecule has 0 saturated carbocycles. The predicted molar refractivity (Wildman–Crippen MR) is 146 cm³/mol. The summed E-state index contributed by atoms with van der Waals surface area (Å²) in [4.78, 5) is 27.7. The Morgan fingerprint density at radius 1 is 1.00 bits per heavy atom. The fourth-order valence-electron chi connectivity index (χ4n) is 5.43. The molecule has 1 heterocycles. The Kier molecular flexibility index (Phi) is 7.56. The average Bonchev–Trinajstić information content (AvgIpc) is 3.10. The Morgan fingerprint density at radius 3 is 2.40 bits per heavy atom. The lowest BCUT2D eigenvalue weighted by molar-refractivity contribution is -0.170. The number of amides is 1. The van der Waals surface area contributed by atoms with E-state index in [0.29, 0.717) is 46.4 Å². The zero-order chi connectivity index (χ0) is 28.4. The number of halogens is 3. The van der Waals surface area contributed by atoms with Gasteiger partial charge in [0.2, 0.25) is 0 Å². The number of anilines is 2. The first kappa shape index (κ1) is 27.3. The summed E-state index contributed by atoms with van der Waals surface area (Å²) in [7, 11) is 1.48. The molecule has 0 fully saturated rings. The number of rotatable bonds is 6. The molecule has 1 N–H and O–H groups in total. The summed E-state index contributed by atoms with van der Waals surface area (Å²) in [6, 6.07) is 18.9. The van der Waals surface area contributed by atoms with Crippen LogP contribution in [0.2, 0.25) is 0 Å². The van der Waals surface area contributed by atoms with Crippen molar-refractivity contribution in [2.45, 2.75) is 44.3 Å². The minimum Gasteiger partial charge on any atom is -0.497 e. The Hall–Kier alpha value is -4.27. The van der Waals surface area contributed by atoms with Crippen molar-refractivity contribution in [3.63, 3.8) is 0 Å². The number of nitrogens with one attached hydrogen (secondary N) is 1. The molecular weight excluding hydrogens is 521 g/mol. The number of hydrogen-bond donors (Lipinski definition) is 1. The molecule has 1 aliphatic heterocycles. The van der Waals surface area contributed by atoms with Crippen LogP contribution in [0.15, 0.2) is 84.1 Å². The van der Waals surface area contributed by atoms with Gasteiger partial charge >= 0.3 is 12.1 Å². The fourth-order valence-corrected chi connectivity index (χ4v) is 5.43. The molecule has 1 amide bonds. The van der Waals surface area contributed by atoms with E-state index in [1.807, 2.05) is 31.2 Å². The molecule has 0 aromatic heterocycles. The maximum absolute atomic E-state index is 14.1. The van der Waals surface area contributed by atoms with E-state index >= 15 is 0 Å². The highest BCUT2D eigenvalue weighted by molar-refractivity contribution is 6.07. The van der Waals surface area contributed by atoms with Crippen LogP contribution in [0.1, 0.15) is 49.3 Å². The quantitative estimate of drug-likeness (QED) is 0.360. The van der Waals surface area contributed by atoms with Crippen LogP contribution in [0.3, 0.4) is 0 Å². The van der Waals surface area contributed by atoms with E-state index in [1.54, 1.807) is 42.5 Å². The van der Waals surface area contributed by atoms with Crippen molar-refractivity contribution in [3.05, 3.63) is 95.2 Å². The lowest BCUT2D eigenvalue weighted by Crippen LogP contribution is -2.45. The van der Waals surface area contributed by atoms with Crippen molar-refractivity contribution in [1.29, 1.82) is 0 Å². The maximum atomic E-state index is 14.1. The third kappa shape index (κ3) is 5.15. The summed E-state index contributed by atoms with van der Waals surface area (Å²) in [5.41, 5.74) is 2.20. The predicted octanol–water partition coefficient (Wildman–Crippen LogP) is 6.95. The first-order valence-corrected chi connectivity index (χ1v) is 13.1. The van der Waals surface area contributed by atoms with Crippen molar-refractivity contribution < 1.29 is 32.2 Å². The van der Waals surface area contributed by atoms with Gasteiger partial charge < -0.3 is 14.8 Å². The lowest BCUT2D eigenvalue weighted by Gasteiger charge is -2.35. The molecule has 40 heavy (non-hydrogen) atoms. The van der Waals surface area contributed by atoms with Gasteiger partial charge in [0.25, 0.3) is 0 Å². The van der Waals surface area contributed by atoms with Crippen molar-refractivity contribution >= 4 is 23.1 Å². The normalized spacial score (nSPS) is 18.8. The molecule has 5 rings (SSSR count). The molecule has 9 heteroatoms. The minimum absolute atomic E-state index is 0.0380. The number of para-hydroxylation sites is 3. The first-order chi connectivity index (χ1) is 19.2. The maximum Gasteiger partial charge on any atom is 0.471 e. The van der Waals surface area contributed by atoms with Crippen LogP contribution in [0, 0.1) is 0 Å². The van der Waals surface area contributed by atoms with Crippen molar-refractivity contribution in [2.75, 3.05) is 23.9 Å². The van der Waals surface area contributed by atoms with E-state index in [0.717, 1.165) is 12.0 Å². The monoisotopic (exact) mass is 550 g/mol. The topological polar surface area (TPSA) is 67.9 Å². The Bertz CT molecular complexity index is 1450. The zero-order valence-electron chi connectivity index (χ0n) is 22.1. The standard InChI is InChI=1S/C31H29F3N2O4/c1-3-16-40-27-11-7-4-8-22(27)20-17-24-28(26(37)18-20)29(19-12-14-21(39-2)15-13-19)36(30(38)31(32,33)34)25-10-6-5-9-23(25)35-24/h4-15,20,29,35H,3,16-18H2,1-2H3/t20-,29-/m1/s1. The number of carbonyl (C=O) groups is 2. The van der Waals surface area contributed by atoms with Gasteiger partial charge in [0.1, 0.15) is 11.5 Å². The van der Waals surface area contributed by atoms with Crippen LogP contribution in [0.25, 0.3) is 0 Å². The zero-order valence-corrected chi connectivity index (χ0v) is 22.1. The van der Waals surface area contributed by atoms with Gasteiger partial charge in [-0.3, -0.25) is 14.5 Å². The Labute approximate surface area is 230 Å². The molecule has 2 atom stereocenters. The third-order valence-corrected chi connectivity index (χ3v) is 7.20. The SMILES string of the molecule is CCCOc1ccccc1[C@H]1CC(=O)C2=C(C1)Nc1ccccc1N(C(=O)C(F)(F)F)[C@@H]2c1ccc(OC)cc1. The molecule has 0 saturated heterocycles. The van der Waals surface area contributed by atoms with Crippen molar-refractivity contribution in [2.24, 2.45) is 0 Å². The molecular formula is C31H29F3N2O4. The third-order valence-electron chi connectivity index (χ3n) is 7.20. The van der Waals surface area contributed by atoms with E-state index in [4.69, 9.17) is 9.47 Å². The number of ketones is 1. The number of Topliss-reactive ketones (excluding diaryl/α,β-unsaturated/α-hetero) is 1. The molecule has 0 bridgehead atoms. The highest BCUT2D eigenvalue weighted by Crippen LogP contribution is 2.49. The smallest absolute Gasteiger partial charge is 0.471 e. The van der Waals surface area contributed by atoms with Crippen LogP contribution in [0.4, 0.5) is 24.5 Å². The number of nitrogens with zero attached hydrogens (tertiary/aromatic N) is 1. The Balaban J connectivity index is 1.69. The van der Waals surface area contributed by atoms with Crippen molar-refractivity contribution in [3.8, 4) is 11.5 Å². The van der Waals surface area contributed by atoms with Gasteiger partial charge in [0, 0.05) is 23.6 Å². The summed E-state index contributed by atoms with van der Waals surface area (Å²) in [6.45, 7) is 2.52. The molecule has 208 valence electrons. The second-order valence-electron chi connectivity index (χ2n) is 9.80. The molecule has 1 aliphatic carbocycles. The highest BCUT2D eigenvalue weighted by atomic mass is 19.4. The Morgan fingerprint density at radius 2 is 1.70 bits per heavy atom. The van der Waals surface area contributed by atoms with Crippen molar-refractivity contribution in [1.82, 2.24) is 0 Å². The summed E-state index contributed by atoms with van der Waals surface area (Å²) >= 11 is 0. The van der Waals surface area contributed by atoms with Crippen LogP contribution in [0.5, 0.6) is 11.5 Å². The van der Waals surface area contributed by atoms with Crippen LogP contribution in [-0.4, -0.2) is 31.6 Å². The molecule has 3 aromatic carbocycles. The second-order valence-corrected chi connectivity index (χ2v) is 9.80. The van der Waals surface area contributed by atoms with Gasteiger partial charge in [0.05, 0.1) is 31.1 Å².